The third-order valence-electron chi connectivity index (χ3n) is 10.5. The van der Waals surface area contributed by atoms with Crippen LogP contribution in [-0.4, -0.2) is 82.4 Å². The first-order valence-electron chi connectivity index (χ1n) is 18.1. The molecule has 3 aromatic heterocycles. The molecule has 4 amide bonds. The van der Waals surface area contributed by atoms with Gasteiger partial charge in [0.05, 0.1) is 18.1 Å². The van der Waals surface area contributed by atoms with Crippen LogP contribution in [0, 0.1) is 11.7 Å². The number of fused-ring (bicyclic) bond motifs is 5. The molecule has 4 aliphatic rings. The van der Waals surface area contributed by atoms with Crippen molar-refractivity contribution in [1.82, 2.24) is 30.2 Å². The third kappa shape index (κ3) is 6.92. The summed E-state index contributed by atoms with van der Waals surface area (Å²) in [7, 11) is -3.92. The largest absolute Gasteiger partial charge is 0.470 e. The van der Waals surface area contributed by atoms with Crippen LogP contribution >= 0.6 is 0 Å². The number of nitrogens with one attached hydrogen (secondary N) is 3. The van der Waals surface area contributed by atoms with E-state index in [1.54, 1.807) is 12.1 Å². The van der Waals surface area contributed by atoms with Crippen molar-refractivity contribution in [3.8, 4) is 17.5 Å². The van der Waals surface area contributed by atoms with Gasteiger partial charge in [-0.15, -0.1) is 0 Å². The van der Waals surface area contributed by atoms with Crippen LogP contribution in [0.3, 0.4) is 0 Å². The predicted molar refractivity (Wildman–Crippen MR) is 190 cm³/mol. The first-order chi connectivity index (χ1) is 25.9. The minimum atomic E-state index is -3.92. The average molecular weight is 763 g/mol. The van der Waals surface area contributed by atoms with E-state index in [1.807, 2.05) is 12.2 Å². The number of allylic oxidation sites excluding steroid dienone is 1. The van der Waals surface area contributed by atoms with Crippen LogP contribution < -0.4 is 20.1 Å². The van der Waals surface area contributed by atoms with Gasteiger partial charge in [-0.05, 0) is 68.9 Å². The number of benzene rings is 1. The maximum atomic E-state index is 14.4. The van der Waals surface area contributed by atoms with Gasteiger partial charge < -0.3 is 29.1 Å². The van der Waals surface area contributed by atoms with Crippen LogP contribution in [-0.2, 0) is 29.2 Å². The number of furan rings is 2. The maximum Gasteiger partial charge on any atom is 0.262 e. The minimum Gasteiger partial charge on any atom is -0.470 e. The number of halogens is 1. The Balaban J connectivity index is 1.14. The third-order valence-corrected chi connectivity index (χ3v) is 12.3. The van der Waals surface area contributed by atoms with Gasteiger partial charge in [-0.2, -0.15) is 4.98 Å². The van der Waals surface area contributed by atoms with Gasteiger partial charge >= 0.3 is 0 Å². The van der Waals surface area contributed by atoms with Crippen molar-refractivity contribution in [1.29, 1.82) is 0 Å². The number of hydrogen-bond acceptors (Lipinski definition) is 11. The fraction of sp³-hybridized carbons (Fsp3) is 0.459. The molecule has 0 spiro atoms. The van der Waals surface area contributed by atoms with Crippen LogP contribution in [0.5, 0.6) is 5.88 Å². The second kappa shape index (κ2) is 13.8. The summed E-state index contributed by atoms with van der Waals surface area (Å²) in [4.78, 5) is 65.1. The summed E-state index contributed by atoms with van der Waals surface area (Å²) in [6, 6.07) is 5.18. The van der Waals surface area contributed by atoms with Gasteiger partial charge in [-0.25, -0.2) is 17.8 Å². The molecular weight excluding hydrogens is 724 g/mol. The minimum absolute atomic E-state index is 0.0319. The smallest absolute Gasteiger partial charge is 0.262 e. The van der Waals surface area contributed by atoms with E-state index >= 15 is 0 Å². The highest BCUT2D eigenvalue weighted by molar-refractivity contribution is 7.91. The zero-order chi connectivity index (χ0) is 37.8. The number of carbonyl (C=O) groups is 4. The van der Waals surface area contributed by atoms with Crippen LogP contribution in [0.15, 0.2) is 57.6 Å². The molecule has 17 heteroatoms. The fourth-order valence-corrected chi connectivity index (χ4v) is 8.80. The molecular formula is C37H39FN6O9S. The topological polar surface area (TPSA) is 203 Å². The van der Waals surface area contributed by atoms with Gasteiger partial charge in [0.15, 0.2) is 11.6 Å². The molecule has 54 heavy (non-hydrogen) atoms. The summed E-state index contributed by atoms with van der Waals surface area (Å²) < 4.78 is 60.2. The number of carbonyl (C=O) groups excluding carboxylic acids is 4. The van der Waals surface area contributed by atoms with E-state index in [1.165, 1.54) is 36.3 Å². The highest BCUT2D eigenvalue weighted by atomic mass is 32.2. The Kier molecular flexibility index (Phi) is 9.14. The summed E-state index contributed by atoms with van der Waals surface area (Å²) in [6.07, 6.45) is 8.58. The van der Waals surface area contributed by atoms with Crippen LogP contribution in [0.1, 0.15) is 64.7 Å². The molecule has 3 N–H and O–H groups in total. The zero-order valence-corrected chi connectivity index (χ0v) is 30.2. The van der Waals surface area contributed by atoms with Crippen molar-refractivity contribution in [3.05, 3.63) is 54.6 Å². The molecule has 0 bridgehead atoms. The van der Waals surface area contributed by atoms with E-state index in [0.29, 0.717) is 48.8 Å². The lowest BCUT2D eigenvalue weighted by molar-refractivity contribution is -0.142. The predicted octanol–water partition coefficient (Wildman–Crippen LogP) is 3.63. The molecule has 5 atom stereocenters. The highest BCUT2D eigenvalue weighted by Crippen LogP contribution is 2.46. The monoisotopic (exact) mass is 762 g/mol. The quantitative estimate of drug-likeness (QED) is 0.232. The van der Waals surface area contributed by atoms with Crippen molar-refractivity contribution < 1.29 is 45.6 Å². The normalized spacial score (nSPS) is 27.0. The van der Waals surface area contributed by atoms with Crippen molar-refractivity contribution >= 4 is 55.7 Å². The first-order valence-corrected chi connectivity index (χ1v) is 19.7. The second-order valence-corrected chi connectivity index (χ2v) is 16.5. The molecule has 3 fully saturated rings. The van der Waals surface area contributed by atoms with Gasteiger partial charge in [-0.3, -0.25) is 23.9 Å². The van der Waals surface area contributed by atoms with Gasteiger partial charge in [0.1, 0.15) is 40.6 Å². The van der Waals surface area contributed by atoms with E-state index in [-0.39, 0.29) is 42.2 Å². The molecule has 15 nitrogen and oxygen atoms in total. The standard InChI is InChI=1S/C37H39FN6O9S/c1-20(45)39-26-9-6-4-2-3-5-8-21-18-37(21,36(48)43-54(49,50)24-12-13-24)42-33(46)27-17-23(19-44(27)35(26)47)52-34-31-30(25-16-22(38)11-14-28(25)53-31)40-32(41-34)29-10-7-15-51-29/h5,7-8,10-11,14-16,21,23-24,26-27H,2-4,6,9,12-13,17-19H2,1H3,(H,39,45)(H,42,46)(H,43,48)/b8-5-/t21-,23+,26-,27-,37+/m0/s1. The Morgan fingerprint density at radius 3 is 2.70 bits per heavy atom. The van der Waals surface area contributed by atoms with Crippen molar-refractivity contribution in [2.24, 2.45) is 5.92 Å². The van der Waals surface area contributed by atoms with Crippen molar-refractivity contribution in [3.63, 3.8) is 0 Å². The molecule has 0 radical (unpaired) electrons. The molecule has 0 unspecified atom stereocenters. The highest BCUT2D eigenvalue weighted by Gasteiger charge is 2.62. The molecule has 1 saturated heterocycles. The molecule has 2 aliphatic carbocycles. The number of hydrogen-bond donors (Lipinski definition) is 3. The summed E-state index contributed by atoms with van der Waals surface area (Å²) >= 11 is 0. The zero-order valence-electron chi connectivity index (χ0n) is 29.4. The average Bonchev–Trinajstić information content (AvgIpc) is 3.93. The molecule has 8 rings (SSSR count). The van der Waals surface area contributed by atoms with Gasteiger partial charge in [0.2, 0.25) is 33.3 Å². The van der Waals surface area contributed by atoms with Gasteiger partial charge in [0, 0.05) is 24.6 Å². The summed E-state index contributed by atoms with van der Waals surface area (Å²) in [5.41, 5.74) is -0.840. The van der Waals surface area contributed by atoms with E-state index in [2.05, 4.69) is 25.3 Å². The SMILES string of the molecule is CC(=O)N[C@H]1CCCCC/C=C\[C@H]2C[C@@]2(C(=O)NS(=O)(=O)C2CC2)NC(=O)[C@@H]2C[C@@H](Oc3nc(-c4ccco4)nc4c3oc3ccc(F)cc34)CN2C1=O. The summed E-state index contributed by atoms with van der Waals surface area (Å²) in [5.74, 6) is -2.98. The van der Waals surface area contributed by atoms with Crippen LogP contribution in [0.25, 0.3) is 33.7 Å². The molecule has 1 aromatic carbocycles. The number of rotatable bonds is 7. The Hall–Kier alpha value is -5.32. The van der Waals surface area contributed by atoms with Crippen LogP contribution in [0.2, 0.25) is 0 Å². The number of aromatic nitrogens is 2. The second-order valence-electron chi connectivity index (χ2n) is 14.5. The Labute approximate surface area is 309 Å². The molecule has 4 aromatic rings. The lowest BCUT2D eigenvalue weighted by Gasteiger charge is -2.29. The van der Waals surface area contributed by atoms with E-state index in [4.69, 9.17) is 13.6 Å². The van der Waals surface area contributed by atoms with Crippen molar-refractivity contribution in [2.45, 2.75) is 93.7 Å². The maximum absolute atomic E-state index is 14.4. The molecule has 284 valence electrons. The Bertz CT molecular complexity index is 2290. The number of sulfonamides is 1. The molecule has 2 aliphatic heterocycles. The van der Waals surface area contributed by atoms with E-state index in [9.17, 15) is 32.0 Å². The Morgan fingerprint density at radius 1 is 1.11 bits per heavy atom. The lowest BCUT2D eigenvalue weighted by atomic mass is 10.0. The van der Waals surface area contributed by atoms with Gasteiger partial charge in [-0.1, -0.05) is 25.0 Å². The number of amides is 4. The lowest BCUT2D eigenvalue weighted by Crippen LogP contribution is -2.58. The Morgan fingerprint density at radius 2 is 1.94 bits per heavy atom. The van der Waals surface area contributed by atoms with Gasteiger partial charge in [0.25, 0.3) is 11.8 Å². The van der Waals surface area contributed by atoms with Crippen LogP contribution in [0.4, 0.5) is 4.39 Å². The summed E-state index contributed by atoms with van der Waals surface area (Å²) in [6.45, 7) is 1.21. The van der Waals surface area contributed by atoms with Crippen molar-refractivity contribution in [2.75, 3.05) is 6.54 Å². The fourth-order valence-electron chi connectivity index (χ4n) is 7.44. The molecule has 2 saturated carbocycles. The number of nitrogens with zero attached hydrogens (tertiary/aromatic N) is 3. The van der Waals surface area contributed by atoms with E-state index in [0.717, 1.165) is 12.8 Å². The molecule has 5 heterocycles. The summed E-state index contributed by atoms with van der Waals surface area (Å²) in [5, 5.41) is 5.30. The first kappa shape index (κ1) is 35.7. The number of ether oxygens (including phenoxy) is 1. The van der Waals surface area contributed by atoms with E-state index < -0.39 is 74.4 Å².